The van der Waals surface area contributed by atoms with E-state index in [9.17, 15) is 13.2 Å². The zero-order valence-corrected chi connectivity index (χ0v) is 10.1. The molecule has 0 saturated heterocycles. The second-order valence-corrected chi connectivity index (χ2v) is 4.10. The predicted octanol–water partition coefficient (Wildman–Crippen LogP) is 3.99. The van der Waals surface area contributed by atoms with Gasteiger partial charge in [0.1, 0.15) is 5.69 Å². The van der Waals surface area contributed by atoms with Gasteiger partial charge in [0.05, 0.1) is 5.52 Å². The lowest BCUT2D eigenvalue weighted by Gasteiger charge is -2.12. The summed E-state index contributed by atoms with van der Waals surface area (Å²) in [5, 5.41) is 3.66. The second-order valence-electron chi connectivity index (χ2n) is 4.10. The van der Waals surface area contributed by atoms with Crippen LogP contribution in [0.2, 0.25) is 0 Å². The van der Waals surface area contributed by atoms with Gasteiger partial charge in [-0.25, -0.2) is 4.98 Å². The van der Waals surface area contributed by atoms with Gasteiger partial charge in [-0.2, -0.15) is 13.2 Å². The van der Waals surface area contributed by atoms with Crippen LogP contribution in [0.3, 0.4) is 0 Å². The Morgan fingerprint density at radius 3 is 2.56 bits per heavy atom. The summed E-state index contributed by atoms with van der Waals surface area (Å²) < 4.78 is 38.2. The van der Waals surface area contributed by atoms with E-state index < -0.39 is 11.9 Å². The van der Waals surface area contributed by atoms with Gasteiger partial charge in [-0.3, -0.25) is 0 Å². The monoisotopic (exact) mass is 254 g/mol. The molecular weight excluding hydrogens is 241 g/mol. The third-order valence-electron chi connectivity index (χ3n) is 2.62. The van der Waals surface area contributed by atoms with Gasteiger partial charge in [-0.15, -0.1) is 0 Å². The number of aromatic nitrogens is 1. The molecule has 0 unspecified atom stereocenters. The van der Waals surface area contributed by atoms with Crippen LogP contribution < -0.4 is 5.32 Å². The Hall–Kier alpha value is -1.78. The Morgan fingerprint density at radius 2 is 1.94 bits per heavy atom. The molecule has 2 aromatic rings. The Kier molecular flexibility index (Phi) is 3.15. The van der Waals surface area contributed by atoms with Crippen LogP contribution in [0.15, 0.2) is 24.3 Å². The van der Waals surface area contributed by atoms with Gasteiger partial charge in [0.15, 0.2) is 0 Å². The van der Waals surface area contributed by atoms with Crippen LogP contribution in [0.25, 0.3) is 10.9 Å². The van der Waals surface area contributed by atoms with Gasteiger partial charge in [0.25, 0.3) is 0 Å². The molecule has 0 aliphatic carbocycles. The van der Waals surface area contributed by atoms with Crippen LogP contribution in [0.5, 0.6) is 0 Å². The number of alkyl halides is 3. The molecule has 0 saturated carbocycles. The number of nitrogens with one attached hydrogen (secondary N) is 1. The summed E-state index contributed by atoms with van der Waals surface area (Å²) in [4.78, 5) is 3.67. The molecule has 0 aliphatic heterocycles. The minimum Gasteiger partial charge on any atom is -0.385 e. The third kappa shape index (κ3) is 2.39. The lowest BCUT2D eigenvalue weighted by molar-refractivity contribution is -0.140. The van der Waals surface area contributed by atoms with Crippen molar-refractivity contribution < 1.29 is 13.2 Å². The van der Waals surface area contributed by atoms with Crippen LogP contribution in [0.1, 0.15) is 18.2 Å². The van der Waals surface area contributed by atoms with Crippen molar-refractivity contribution in [3.8, 4) is 0 Å². The van der Waals surface area contributed by atoms with Gasteiger partial charge in [-0.1, -0.05) is 11.6 Å². The number of fused-ring (bicyclic) bond motifs is 1. The van der Waals surface area contributed by atoms with Crippen molar-refractivity contribution in [2.45, 2.75) is 20.0 Å². The number of halogens is 3. The normalized spacial score (nSPS) is 11.8. The van der Waals surface area contributed by atoms with Crippen LogP contribution in [-0.2, 0) is 6.18 Å². The number of hydrogen-bond acceptors (Lipinski definition) is 2. The summed E-state index contributed by atoms with van der Waals surface area (Å²) >= 11 is 0. The first kappa shape index (κ1) is 12.7. The smallest absolute Gasteiger partial charge is 0.385 e. The summed E-state index contributed by atoms with van der Waals surface area (Å²) in [6, 6.07) is 6.26. The van der Waals surface area contributed by atoms with E-state index in [2.05, 4.69) is 10.3 Å². The van der Waals surface area contributed by atoms with Crippen LogP contribution in [-0.4, -0.2) is 11.5 Å². The topological polar surface area (TPSA) is 24.9 Å². The largest absolute Gasteiger partial charge is 0.433 e. The number of rotatable bonds is 2. The van der Waals surface area contributed by atoms with E-state index >= 15 is 0 Å². The molecule has 0 atom stereocenters. The van der Waals surface area contributed by atoms with Crippen molar-refractivity contribution in [2.75, 3.05) is 11.9 Å². The maximum atomic E-state index is 12.7. The zero-order chi connectivity index (χ0) is 13.3. The highest BCUT2D eigenvalue weighted by atomic mass is 19.4. The molecule has 96 valence electrons. The molecule has 0 spiro atoms. The average molecular weight is 254 g/mol. The highest BCUT2D eigenvalue weighted by Crippen LogP contribution is 2.33. The SMILES string of the molecule is CCNc1cc(C(F)(F)F)nc2ccc(C)cc12. The van der Waals surface area contributed by atoms with E-state index in [1.165, 1.54) is 0 Å². The molecule has 0 amide bonds. The van der Waals surface area contributed by atoms with Gasteiger partial charge < -0.3 is 5.32 Å². The number of aryl methyl sites for hydroxylation is 1. The molecule has 0 bridgehead atoms. The summed E-state index contributed by atoms with van der Waals surface area (Å²) in [6.45, 7) is 4.30. The third-order valence-corrected chi connectivity index (χ3v) is 2.62. The van der Waals surface area contributed by atoms with Crippen molar-refractivity contribution in [3.63, 3.8) is 0 Å². The molecule has 2 rings (SSSR count). The van der Waals surface area contributed by atoms with Gasteiger partial charge >= 0.3 is 6.18 Å². The Morgan fingerprint density at radius 1 is 1.22 bits per heavy atom. The maximum absolute atomic E-state index is 12.7. The first-order chi connectivity index (χ1) is 8.41. The summed E-state index contributed by atoms with van der Waals surface area (Å²) in [6.07, 6.45) is -4.43. The Labute approximate surface area is 103 Å². The Balaban J connectivity index is 2.70. The highest BCUT2D eigenvalue weighted by Gasteiger charge is 2.33. The molecular formula is C13H13F3N2. The lowest BCUT2D eigenvalue weighted by Crippen LogP contribution is -2.10. The van der Waals surface area contributed by atoms with E-state index in [4.69, 9.17) is 0 Å². The number of hydrogen-bond donors (Lipinski definition) is 1. The van der Waals surface area contributed by atoms with Gasteiger partial charge in [-0.05, 0) is 32.0 Å². The van der Waals surface area contributed by atoms with E-state index in [1.807, 2.05) is 19.9 Å². The van der Waals surface area contributed by atoms with Crippen LogP contribution >= 0.6 is 0 Å². The highest BCUT2D eigenvalue weighted by molar-refractivity contribution is 5.92. The summed E-state index contributed by atoms with van der Waals surface area (Å²) in [5.41, 5.74) is 0.947. The van der Waals surface area contributed by atoms with E-state index in [-0.39, 0.29) is 0 Å². The second kappa shape index (κ2) is 4.48. The van der Waals surface area contributed by atoms with Crippen molar-refractivity contribution >= 4 is 16.6 Å². The summed E-state index contributed by atoms with van der Waals surface area (Å²) in [7, 11) is 0. The zero-order valence-electron chi connectivity index (χ0n) is 10.1. The standard InChI is InChI=1S/C13H13F3N2/c1-3-17-11-7-12(13(14,15)16)18-10-5-4-8(2)6-9(10)11/h4-7H,3H2,1-2H3,(H,17,18). The Bertz CT molecular complexity index is 576. The van der Waals surface area contributed by atoms with Crippen molar-refractivity contribution in [1.29, 1.82) is 0 Å². The molecule has 5 heteroatoms. The number of pyridine rings is 1. The van der Waals surface area contributed by atoms with Crippen LogP contribution in [0, 0.1) is 6.92 Å². The number of benzene rings is 1. The van der Waals surface area contributed by atoms with E-state index in [0.29, 0.717) is 23.1 Å². The fourth-order valence-electron chi connectivity index (χ4n) is 1.82. The quantitative estimate of drug-likeness (QED) is 0.876. The fraction of sp³-hybridized carbons (Fsp3) is 0.308. The molecule has 1 N–H and O–H groups in total. The molecule has 1 aromatic carbocycles. The fourth-order valence-corrected chi connectivity index (χ4v) is 1.82. The maximum Gasteiger partial charge on any atom is 0.433 e. The first-order valence-corrected chi connectivity index (χ1v) is 5.64. The molecule has 1 aromatic heterocycles. The van der Waals surface area contributed by atoms with E-state index in [0.717, 1.165) is 11.6 Å². The van der Waals surface area contributed by atoms with Gasteiger partial charge in [0, 0.05) is 17.6 Å². The minimum absolute atomic E-state index is 0.353. The van der Waals surface area contributed by atoms with Gasteiger partial charge in [0.2, 0.25) is 0 Å². The number of nitrogens with zero attached hydrogens (tertiary/aromatic N) is 1. The van der Waals surface area contributed by atoms with E-state index in [1.54, 1.807) is 12.1 Å². The van der Waals surface area contributed by atoms with Crippen molar-refractivity contribution in [2.24, 2.45) is 0 Å². The number of anilines is 1. The van der Waals surface area contributed by atoms with Crippen molar-refractivity contribution in [3.05, 3.63) is 35.5 Å². The summed E-state index contributed by atoms with van der Waals surface area (Å²) in [5.74, 6) is 0. The van der Waals surface area contributed by atoms with Crippen molar-refractivity contribution in [1.82, 2.24) is 4.98 Å². The molecule has 0 fully saturated rings. The first-order valence-electron chi connectivity index (χ1n) is 5.64. The molecule has 1 heterocycles. The minimum atomic E-state index is -4.43. The van der Waals surface area contributed by atoms with Crippen LogP contribution in [0.4, 0.5) is 18.9 Å². The molecule has 0 radical (unpaired) electrons. The predicted molar refractivity (Wildman–Crippen MR) is 65.6 cm³/mol. The molecule has 2 nitrogen and oxygen atoms in total. The lowest BCUT2D eigenvalue weighted by atomic mass is 10.1. The molecule has 0 aliphatic rings. The molecule has 18 heavy (non-hydrogen) atoms. The average Bonchev–Trinajstić information content (AvgIpc) is 2.28.